The Balaban J connectivity index is 1.31. The average Bonchev–Trinajstić information content (AvgIpc) is 3.65. The number of aromatic nitrogens is 3. The molecule has 0 radical (unpaired) electrons. The lowest BCUT2D eigenvalue weighted by atomic mass is 9.82. The van der Waals surface area contributed by atoms with E-state index in [1.165, 1.54) is 16.7 Å². The molecular formula is C29H26ClN5O4. The molecule has 3 aliphatic heterocycles. The van der Waals surface area contributed by atoms with Crippen molar-refractivity contribution in [1.29, 1.82) is 0 Å². The number of ether oxygens (including phenoxy) is 4. The Morgan fingerprint density at radius 1 is 1.10 bits per heavy atom. The van der Waals surface area contributed by atoms with Crippen molar-refractivity contribution in [1.82, 2.24) is 19.8 Å². The normalized spacial score (nSPS) is 17.5. The standard InChI is InChI=1S/C29H26ClN5O4/c1-36-28-9-20(12-33-35-15-31-32-16-35)21-10-25-22-11-27-26(38-17-39-27)8-18(22)6-7-34(25)13-23(21)29(28)37-14-19-4-2-3-5-24(19)30/h2-5,8-9,11-12,15-16,25H,6-7,10,13-14,17H2,1H3/b33-12+. The molecule has 0 amide bonds. The summed E-state index contributed by atoms with van der Waals surface area (Å²) in [7, 11) is 1.66. The van der Waals surface area contributed by atoms with Gasteiger partial charge in [-0.3, -0.25) is 4.90 Å². The van der Waals surface area contributed by atoms with Gasteiger partial charge in [-0.2, -0.15) is 5.10 Å². The van der Waals surface area contributed by atoms with Gasteiger partial charge < -0.3 is 18.9 Å². The molecule has 4 heterocycles. The maximum Gasteiger partial charge on any atom is 0.231 e. The Hall–Kier alpha value is -4.08. The lowest BCUT2D eigenvalue weighted by Gasteiger charge is -2.42. The Bertz CT molecular complexity index is 1570. The van der Waals surface area contributed by atoms with E-state index in [0.29, 0.717) is 17.4 Å². The monoisotopic (exact) mass is 543 g/mol. The van der Waals surface area contributed by atoms with E-state index < -0.39 is 0 Å². The van der Waals surface area contributed by atoms with E-state index in [9.17, 15) is 0 Å². The van der Waals surface area contributed by atoms with Crippen LogP contribution >= 0.6 is 11.6 Å². The molecule has 3 aliphatic rings. The summed E-state index contributed by atoms with van der Waals surface area (Å²) < 4.78 is 25.3. The quantitative estimate of drug-likeness (QED) is 0.323. The lowest BCUT2D eigenvalue weighted by molar-refractivity contribution is 0.155. The molecule has 1 aromatic heterocycles. The molecule has 198 valence electrons. The Morgan fingerprint density at radius 3 is 2.74 bits per heavy atom. The average molecular weight is 544 g/mol. The number of hydrogen-bond donors (Lipinski definition) is 0. The second-order valence-electron chi connectivity index (χ2n) is 9.77. The van der Waals surface area contributed by atoms with Crippen LogP contribution in [-0.2, 0) is 26.0 Å². The predicted octanol–water partition coefficient (Wildman–Crippen LogP) is 4.79. The highest BCUT2D eigenvalue weighted by molar-refractivity contribution is 6.31. The number of halogens is 1. The summed E-state index contributed by atoms with van der Waals surface area (Å²) in [5, 5.41) is 12.9. The molecule has 0 N–H and O–H groups in total. The topological polar surface area (TPSA) is 83.2 Å². The first-order chi connectivity index (χ1) is 19.2. The van der Waals surface area contributed by atoms with E-state index in [0.717, 1.165) is 59.9 Å². The zero-order chi connectivity index (χ0) is 26.3. The SMILES string of the molecule is COc1cc(/C=N/n2cnnc2)c2c(c1OCc1ccccc1Cl)CN1CCc3cc4c(cc3C1C2)OCO4. The molecule has 0 fully saturated rings. The number of benzene rings is 3. The molecule has 39 heavy (non-hydrogen) atoms. The first-order valence-electron chi connectivity index (χ1n) is 12.8. The molecule has 7 rings (SSSR count). The van der Waals surface area contributed by atoms with Crippen molar-refractivity contribution >= 4 is 17.8 Å². The third-order valence-electron chi connectivity index (χ3n) is 7.64. The molecule has 9 nitrogen and oxygen atoms in total. The molecule has 1 atom stereocenters. The molecule has 0 saturated carbocycles. The van der Waals surface area contributed by atoms with Gasteiger partial charge in [0.1, 0.15) is 19.3 Å². The van der Waals surface area contributed by atoms with Crippen LogP contribution in [0.3, 0.4) is 0 Å². The van der Waals surface area contributed by atoms with Crippen LogP contribution in [0.5, 0.6) is 23.0 Å². The summed E-state index contributed by atoms with van der Waals surface area (Å²) in [5.41, 5.74) is 6.76. The molecule has 10 heteroatoms. The maximum absolute atomic E-state index is 6.47. The van der Waals surface area contributed by atoms with Gasteiger partial charge in [-0.15, -0.1) is 10.2 Å². The molecule has 0 bridgehead atoms. The molecule has 3 aromatic carbocycles. The summed E-state index contributed by atoms with van der Waals surface area (Å²) >= 11 is 6.43. The highest BCUT2D eigenvalue weighted by Crippen LogP contribution is 2.47. The van der Waals surface area contributed by atoms with Crippen molar-refractivity contribution < 1.29 is 18.9 Å². The van der Waals surface area contributed by atoms with Gasteiger partial charge in [-0.1, -0.05) is 29.8 Å². The van der Waals surface area contributed by atoms with E-state index in [4.69, 9.17) is 30.5 Å². The Kier molecular flexibility index (Phi) is 6.09. The summed E-state index contributed by atoms with van der Waals surface area (Å²) in [4.78, 5) is 2.51. The Morgan fingerprint density at radius 2 is 1.92 bits per heavy atom. The van der Waals surface area contributed by atoms with Crippen LogP contribution in [0.4, 0.5) is 0 Å². The zero-order valence-corrected chi connectivity index (χ0v) is 22.1. The number of rotatable bonds is 6. The van der Waals surface area contributed by atoms with Crippen LogP contribution in [0, 0.1) is 0 Å². The second-order valence-corrected chi connectivity index (χ2v) is 10.2. The van der Waals surface area contributed by atoms with Crippen molar-refractivity contribution in [2.45, 2.75) is 32.0 Å². The first kappa shape index (κ1) is 24.0. The minimum absolute atomic E-state index is 0.197. The number of methoxy groups -OCH3 is 1. The van der Waals surface area contributed by atoms with Crippen molar-refractivity contribution in [3.63, 3.8) is 0 Å². The van der Waals surface area contributed by atoms with Gasteiger partial charge in [-0.05, 0) is 53.8 Å². The summed E-state index contributed by atoms with van der Waals surface area (Å²) in [6, 6.07) is 14.2. The molecule has 0 spiro atoms. The van der Waals surface area contributed by atoms with Crippen LogP contribution in [0.15, 0.2) is 60.2 Å². The lowest BCUT2D eigenvalue weighted by Crippen LogP contribution is -2.40. The molecule has 1 unspecified atom stereocenters. The van der Waals surface area contributed by atoms with Crippen LogP contribution in [0.25, 0.3) is 0 Å². The molecular weight excluding hydrogens is 518 g/mol. The van der Waals surface area contributed by atoms with Gasteiger partial charge in [0.2, 0.25) is 6.79 Å². The maximum atomic E-state index is 6.47. The van der Waals surface area contributed by atoms with Crippen LogP contribution in [0.1, 0.15) is 39.4 Å². The smallest absolute Gasteiger partial charge is 0.231 e. The minimum atomic E-state index is 0.197. The van der Waals surface area contributed by atoms with Gasteiger partial charge in [0.25, 0.3) is 0 Å². The zero-order valence-electron chi connectivity index (χ0n) is 21.3. The third kappa shape index (κ3) is 4.37. The third-order valence-corrected chi connectivity index (χ3v) is 8.01. The van der Waals surface area contributed by atoms with E-state index in [2.05, 4.69) is 32.3 Å². The van der Waals surface area contributed by atoms with Crippen molar-refractivity contribution in [2.75, 3.05) is 20.4 Å². The summed E-state index contributed by atoms with van der Waals surface area (Å²) in [5.74, 6) is 3.04. The fourth-order valence-electron chi connectivity index (χ4n) is 5.70. The number of hydrogen-bond acceptors (Lipinski definition) is 8. The van der Waals surface area contributed by atoms with E-state index in [1.54, 1.807) is 24.4 Å². The highest BCUT2D eigenvalue weighted by atomic mass is 35.5. The number of fused-ring (bicyclic) bond motifs is 5. The van der Waals surface area contributed by atoms with Crippen molar-refractivity contribution in [3.8, 4) is 23.0 Å². The van der Waals surface area contributed by atoms with Gasteiger partial charge in [0.15, 0.2) is 23.0 Å². The Labute approximate surface area is 230 Å². The summed E-state index contributed by atoms with van der Waals surface area (Å²) in [6.45, 7) is 2.26. The van der Waals surface area contributed by atoms with E-state index in [1.807, 2.05) is 36.5 Å². The van der Waals surface area contributed by atoms with Gasteiger partial charge >= 0.3 is 0 Å². The fraction of sp³-hybridized carbons (Fsp3) is 0.276. The van der Waals surface area contributed by atoms with Crippen LogP contribution in [-0.4, -0.2) is 46.4 Å². The molecule has 4 aromatic rings. The van der Waals surface area contributed by atoms with Gasteiger partial charge in [0.05, 0.1) is 13.3 Å². The van der Waals surface area contributed by atoms with E-state index >= 15 is 0 Å². The summed E-state index contributed by atoms with van der Waals surface area (Å²) in [6.07, 6.45) is 6.69. The first-order valence-corrected chi connectivity index (χ1v) is 13.2. The van der Waals surface area contributed by atoms with Crippen LogP contribution in [0.2, 0.25) is 5.02 Å². The van der Waals surface area contributed by atoms with Gasteiger partial charge in [-0.25, -0.2) is 4.68 Å². The molecule has 0 aliphatic carbocycles. The van der Waals surface area contributed by atoms with Crippen molar-refractivity contribution in [3.05, 3.63) is 93.5 Å². The highest BCUT2D eigenvalue weighted by Gasteiger charge is 2.37. The minimum Gasteiger partial charge on any atom is -0.493 e. The molecule has 0 saturated heterocycles. The fourth-order valence-corrected chi connectivity index (χ4v) is 5.89. The largest absolute Gasteiger partial charge is 0.493 e. The van der Waals surface area contributed by atoms with Crippen LogP contribution < -0.4 is 18.9 Å². The predicted molar refractivity (Wildman–Crippen MR) is 145 cm³/mol. The van der Waals surface area contributed by atoms with Crippen molar-refractivity contribution in [2.24, 2.45) is 5.10 Å². The van der Waals surface area contributed by atoms with Gasteiger partial charge in [0, 0.05) is 40.8 Å². The number of nitrogens with zero attached hydrogens (tertiary/aromatic N) is 5. The second kappa shape index (κ2) is 9.91. The van der Waals surface area contributed by atoms with E-state index in [-0.39, 0.29) is 12.8 Å².